The Balaban J connectivity index is 2.57. The van der Waals surface area contributed by atoms with Crippen molar-refractivity contribution in [2.45, 2.75) is 30.7 Å². The first-order valence-corrected chi connectivity index (χ1v) is 6.12. The van der Waals surface area contributed by atoms with Gasteiger partial charge in [-0.1, -0.05) is 22.6 Å². The van der Waals surface area contributed by atoms with Crippen molar-refractivity contribution in [3.63, 3.8) is 0 Å². The summed E-state index contributed by atoms with van der Waals surface area (Å²) >= 11 is 2.09. The molecule has 0 radical (unpaired) electrons. The van der Waals surface area contributed by atoms with Gasteiger partial charge in [-0.2, -0.15) is 0 Å². The van der Waals surface area contributed by atoms with Gasteiger partial charge in [-0.15, -0.1) is 0 Å². The minimum Gasteiger partial charge on any atom is -0.394 e. The fraction of sp³-hybridized carbons (Fsp3) is 1.00. The van der Waals surface area contributed by atoms with Gasteiger partial charge in [0, 0.05) is 4.43 Å². The predicted molar refractivity (Wildman–Crippen MR) is 58.6 cm³/mol. The van der Waals surface area contributed by atoms with E-state index in [9.17, 15) is 15.3 Å². The van der Waals surface area contributed by atoms with Gasteiger partial charge in [0.2, 0.25) is 0 Å². The van der Waals surface area contributed by atoms with Gasteiger partial charge in [-0.3, -0.25) is 0 Å². The van der Waals surface area contributed by atoms with E-state index in [-0.39, 0.29) is 0 Å². The second-order valence-corrected chi connectivity index (χ2v) is 4.34. The van der Waals surface area contributed by atoms with Crippen molar-refractivity contribution in [1.82, 2.24) is 0 Å². The molecule has 0 saturated carbocycles. The third kappa shape index (κ3) is 3.22. The van der Waals surface area contributed by atoms with Crippen LogP contribution in [0.3, 0.4) is 0 Å². The highest BCUT2D eigenvalue weighted by atomic mass is 123. The van der Waals surface area contributed by atoms with Gasteiger partial charge in [-0.25, -0.2) is 0 Å². The van der Waals surface area contributed by atoms with Crippen molar-refractivity contribution in [2.75, 3.05) is 17.6 Å². The molecule has 1 heterocycles. The van der Waals surface area contributed by atoms with Crippen LogP contribution in [-0.2, 0) is 9.47 Å². The molecule has 0 aromatic rings. The number of hydrogen-bond donors (Lipinski definition) is 4. The van der Waals surface area contributed by atoms with Crippen molar-refractivity contribution in [3.05, 3.63) is 0 Å². The van der Waals surface area contributed by atoms with E-state index >= 15 is 0 Å². The first-order valence-electron chi connectivity index (χ1n) is 4.60. The summed E-state index contributed by atoms with van der Waals surface area (Å²) < 4.78 is 10.9. The molecule has 0 spiro atoms. The minimum absolute atomic E-state index is 0.364. The van der Waals surface area contributed by atoms with Crippen molar-refractivity contribution in [1.29, 1.82) is 0 Å². The maximum absolute atomic E-state index is 9.50. The standard InChI is InChI=1S/C8H15IO6/c9-1-2-14-8-7(13)6(12)5(11)4(3-10)15-8/h4-8,10-13H,1-3H2/t4-,5-,6+,7+,8?/m1/s1/i9-4. The summed E-state index contributed by atoms with van der Waals surface area (Å²) in [4.78, 5) is 0. The molecule has 1 unspecified atom stereocenters. The van der Waals surface area contributed by atoms with E-state index in [4.69, 9.17) is 14.6 Å². The zero-order valence-electron chi connectivity index (χ0n) is 7.99. The summed E-state index contributed by atoms with van der Waals surface area (Å²) in [6, 6.07) is 0. The number of ether oxygens (including phenoxy) is 2. The highest BCUT2D eigenvalue weighted by molar-refractivity contribution is 14.1. The molecule has 90 valence electrons. The summed E-state index contributed by atoms with van der Waals surface area (Å²) in [6.45, 7) is -0.0711. The van der Waals surface area contributed by atoms with Gasteiger partial charge in [0.25, 0.3) is 0 Å². The molecular weight excluding hydrogens is 315 g/mol. The van der Waals surface area contributed by atoms with E-state index < -0.39 is 37.3 Å². The SMILES string of the molecule is OC[C@H]1OC(OCC[123I])[C@@H](O)[C@@H](O)[C@@H]1O. The Morgan fingerprint density at radius 1 is 1.13 bits per heavy atom. The molecule has 15 heavy (non-hydrogen) atoms. The zero-order chi connectivity index (χ0) is 11.4. The van der Waals surface area contributed by atoms with Crippen LogP contribution in [0.1, 0.15) is 0 Å². The van der Waals surface area contributed by atoms with E-state index in [0.717, 1.165) is 0 Å². The van der Waals surface area contributed by atoms with Crippen LogP contribution in [0.25, 0.3) is 0 Å². The maximum atomic E-state index is 9.50. The molecule has 1 fully saturated rings. The molecule has 1 rings (SSSR count). The van der Waals surface area contributed by atoms with Gasteiger partial charge in [0.05, 0.1) is 13.2 Å². The monoisotopic (exact) mass is 330 g/mol. The first kappa shape index (κ1) is 13.6. The van der Waals surface area contributed by atoms with E-state index in [1.807, 2.05) is 0 Å². The van der Waals surface area contributed by atoms with Crippen LogP contribution in [0.4, 0.5) is 0 Å². The Morgan fingerprint density at radius 3 is 2.33 bits per heavy atom. The average Bonchev–Trinajstić information content (AvgIpc) is 2.25. The third-order valence-corrected chi connectivity index (χ3v) is 2.65. The molecule has 0 aromatic carbocycles. The minimum atomic E-state index is -1.37. The van der Waals surface area contributed by atoms with Gasteiger partial charge in [0.15, 0.2) is 6.29 Å². The lowest BCUT2D eigenvalue weighted by Crippen LogP contribution is -2.59. The van der Waals surface area contributed by atoms with E-state index in [1.54, 1.807) is 0 Å². The molecule has 7 heteroatoms. The Hall–Kier alpha value is 0.490. The molecule has 6 nitrogen and oxygen atoms in total. The summed E-state index contributed by atoms with van der Waals surface area (Å²) in [5, 5.41) is 37.2. The summed E-state index contributed by atoms with van der Waals surface area (Å²) in [5.41, 5.74) is 0. The topological polar surface area (TPSA) is 99.4 Å². The Bertz CT molecular complexity index is 190. The number of hydrogen-bond acceptors (Lipinski definition) is 6. The van der Waals surface area contributed by atoms with Crippen molar-refractivity contribution in [2.24, 2.45) is 0 Å². The number of halogens is 1. The Morgan fingerprint density at radius 2 is 1.80 bits per heavy atom. The maximum Gasteiger partial charge on any atom is 0.186 e. The molecule has 0 amide bonds. The molecule has 0 bridgehead atoms. The van der Waals surface area contributed by atoms with Crippen LogP contribution in [0.15, 0.2) is 0 Å². The first-order chi connectivity index (χ1) is 7.11. The van der Waals surface area contributed by atoms with Crippen LogP contribution in [0.5, 0.6) is 0 Å². The van der Waals surface area contributed by atoms with Crippen LogP contribution in [0, 0.1) is 0 Å². The van der Waals surface area contributed by atoms with E-state index in [0.29, 0.717) is 11.0 Å². The van der Waals surface area contributed by atoms with E-state index in [2.05, 4.69) is 22.6 Å². The van der Waals surface area contributed by atoms with Gasteiger partial charge < -0.3 is 29.9 Å². The largest absolute Gasteiger partial charge is 0.394 e. The van der Waals surface area contributed by atoms with Gasteiger partial charge >= 0.3 is 0 Å². The highest BCUT2D eigenvalue weighted by Gasteiger charge is 2.43. The van der Waals surface area contributed by atoms with Crippen LogP contribution < -0.4 is 0 Å². The molecular formula is C8H15IO6. The van der Waals surface area contributed by atoms with Crippen molar-refractivity contribution >= 4 is 22.6 Å². The molecule has 5 atom stereocenters. The Kier molecular flexibility index (Phi) is 5.68. The lowest BCUT2D eigenvalue weighted by atomic mass is 9.99. The molecule has 1 saturated heterocycles. The molecule has 0 aromatic heterocycles. The van der Waals surface area contributed by atoms with Crippen LogP contribution in [-0.4, -0.2) is 68.8 Å². The lowest BCUT2D eigenvalue weighted by Gasteiger charge is -2.39. The zero-order valence-corrected chi connectivity index (χ0v) is 10.1. The predicted octanol–water partition coefficient (Wildman–Crippen LogP) is -1.76. The van der Waals surface area contributed by atoms with Crippen LogP contribution >= 0.6 is 22.6 Å². The number of aliphatic hydroxyl groups excluding tert-OH is 4. The fourth-order valence-corrected chi connectivity index (χ4v) is 1.62. The Labute approximate surface area is 101 Å². The summed E-state index contributed by atoms with van der Waals surface area (Å²) in [7, 11) is 0. The molecule has 1 aliphatic heterocycles. The normalized spacial score (nSPS) is 41.8. The number of rotatable bonds is 4. The third-order valence-electron chi connectivity index (χ3n) is 2.21. The number of alkyl halides is 1. The second-order valence-electron chi connectivity index (χ2n) is 3.26. The van der Waals surface area contributed by atoms with Crippen molar-refractivity contribution < 1.29 is 29.9 Å². The summed E-state index contributed by atoms with van der Waals surface area (Å²) in [6.07, 6.45) is -5.90. The highest BCUT2D eigenvalue weighted by Crippen LogP contribution is 2.21. The quantitative estimate of drug-likeness (QED) is 0.360. The van der Waals surface area contributed by atoms with E-state index in [1.165, 1.54) is 0 Å². The fourth-order valence-electron chi connectivity index (χ4n) is 1.37. The lowest BCUT2D eigenvalue weighted by molar-refractivity contribution is -0.299. The average molecular weight is 330 g/mol. The van der Waals surface area contributed by atoms with Crippen LogP contribution in [0.2, 0.25) is 0 Å². The van der Waals surface area contributed by atoms with Crippen molar-refractivity contribution in [3.8, 4) is 0 Å². The second kappa shape index (κ2) is 6.28. The van der Waals surface area contributed by atoms with Gasteiger partial charge in [-0.05, 0) is 0 Å². The van der Waals surface area contributed by atoms with Gasteiger partial charge in [0.1, 0.15) is 24.4 Å². The smallest absolute Gasteiger partial charge is 0.186 e. The molecule has 1 aliphatic rings. The number of aliphatic hydroxyl groups is 4. The summed E-state index contributed by atoms with van der Waals surface area (Å²) in [5.74, 6) is 0. The molecule has 4 N–H and O–H groups in total. The molecule has 0 aliphatic carbocycles.